The molecule has 0 bridgehead atoms. The van der Waals surface area contributed by atoms with Gasteiger partial charge in [-0.15, -0.1) is 0 Å². The van der Waals surface area contributed by atoms with Gasteiger partial charge < -0.3 is 16.6 Å². The van der Waals surface area contributed by atoms with Crippen molar-refractivity contribution >= 4 is 16.9 Å². The van der Waals surface area contributed by atoms with Gasteiger partial charge in [0.25, 0.3) is 0 Å². The van der Waals surface area contributed by atoms with Gasteiger partial charge in [0.05, 0.1) is 6.10 Å². The first-order valence-electron chi connectivity index (χ1n) is 6.34. The Hall–Kier alpha value is -2.52. The van der Waals surface area contributed by atoms with Crippen LogP contribution in [-0.2, 0) is 0 Å². The number of nitrogens with two attached hydrogens (primary N) is 2. The number of hydrogen-bond donors (Lipinski definition) is 3. The highest BCUT2D eigenvalue weighted by atomic mass is 16.3. The highest BCUT2D eigenvalue weighted by Gasteiger charge is 2.08. The summed E-state index contributed by atoms with van der Waals surface area (Å²) in [5.41, 5.74) is 15.3. The molecular weight excluding hydrogens is 248 g/mol. The zero-order valence-corrected chi connectivity index (χ0v) is 11.2. The summed E-state index contributed by atoms with van der Waals surface area (Å²) in [5.74, 6) is 0. The lowest BCUT2D eigenvalue weighted by atomic mass is 9.99. The fraction of sp³-hybridized carbons (Fsp3) is 0.0588. The molecule has 0 aliphatic heterocycles. The van der Waals surface area contributed by atoms with Crippen molar-refractivity contribution in [3.63, 3.8) is 0 Å². The first-order valence-corrected chi connectivity index (χ1v) is 6.34. The summed E-state index contributed by atoms with van der Waals surface area (Å²) in [6, 6.07) is 14.6. The van der Waals surface area contributed by atoms with Crippen LogP contribution in [0.25, 0.3) is 5.57 Å². The number of para-hydroxylation sites is 1. The van der Waals surface area contributed by atoms with E-state index in [4.69, 9.17) is 11.5 Å². The van der Waals surface area contributed by atoms with Gasteiger partial charge in [0.2, 0.25) is 0 Å². The maximum Gasteiger partial charge on any atom is 0.0980 e. The molecule has 3 heteroatoms. The predicted octanol–water partition coefficient (Wildman–Crippen LogP) is 3.15. The average molecular weight is 266 g/mol. The predicted molar refractivity (Wildman–Crippen MR) is 84.8 cm³/mol. The van der Waals surface area contributed by atoms with Gasteiger partial charge >= 0.3 is 0 Å². The van der Waals surface area contributed by atoms with Crippen molar-refractivity contribution in [1.29, 1.82) is 0 Å². The van der Waals surface area contributed by atoms with Crippen molar-refractivity contribution in [1.82, 2.24) is 0 Å². The molecule has 1 unspecified atom stereocenters. The Kier molecular flexibility index (Phi) is 4.23. The first-order chi connectivity index (χ1) is 9.61. The fourth-order valence-corrected chi connectivity index (χ4v) is 1.99. The lowest BCUT2D eigenvalue weighted by Gasteiger charge is -2.11. The lowest BCUT2D eigenvalue weighted by molar-refractivity contribution is 0.229. The van der Waals surface area contributed by atoms with Crippen molar-refractivity contribution < 1.29 is 5.11 Å². The molecular formula is C17H18N2O. The van der Waals surface area contributed by atoms with Crippen LogP contribution in [0.5, 0.6) is 0 Å². The molecule has 0 radical (unpaired) electrons. The Morgan fingerprint density at radius 1 is 1.05 bits per heavy atom. The second kappa shape index (κ2) is 6.08. The molecule has 102 valence electrons. The third kappa shape index (κ3) is 3.08. The fourth-order valence-electron chi connectivity index (χ4n) is 1.99. The molecule has 0 saturated heterocycles. The van der Waals surface area contributed by atoms with Gasteiger partial charge in [0.1, 0.15) is 0 Å². The summed E-state index contributed by atoms with van der Waals surface area (Å²) >= 11 is 0. The highest BCUT2D eigenvalue weighted by molar-refractivity contribution is 5.81. The second-order valence-electron chi connectivity index (χ2n) is 4.52. The summed E-state index contributed by atoms with van der Waals surface area (Å²) in [6.45, 7) is 3.78. The minimum absolute atomic E-state index is 0.656. The van der Waals surface area contributed by atoms with Crippen molar-refractivity contribution in [2.45, 2.75) is 6.10 Å². The molecule has 2 rings (SSSR count). The smallest absolute Gasteiger partial charge is 0.0980 e. The Balaban J connectivity index is 2.34. The van der Waals surface area contributed by atoms with Crippen LogP contribution in [-0.4, -0.2) is 5.11 Å². The maximum atomic E-state index is 10.3. The van der Waals surface area contributed by atoms with E-state index in [1.165, 1.54) is 0 Å². The molecule has 0 saturated carbocycles. The SMILES string of the molecule is C=C/C(=C/C(O)c1ccc(N)cc1)c1ccccc1N. The molecule has 0 aliphatic carbocycles. The number of hydrogen-bond acceptors (Lipinski definition) is 3. The molecule has 1 atom stereocenters. The maximum absolute atomic E-state index is 10.3. The Bertz CT molecular complexity index is 630. The third-order valence-corrected chi connectivity index (χ3v) is 3.11. The monoisotopic (exact) mass is 266 g/mol. The van der Waals surface area contributed by atoms with E-state index in [0.717, 1.165) is 16.7 Å². The molecule has 0 aromatic heterocycles. The van der Waals surface area contributed by atoms with Crippen LogP contribution < -0.4 is 11.5 Å². The Morgan fingerprint density at radius 2 is 1.70 bits per heavy atom. The molecule has 0 spiro atoms. The largest absolute Gasteiger partial charge is 0.399 e. The van der Waals surface area contributed by atoms with E-state index < -0.39 is 6.10 Å². The van der Waals surface area contributed by atoms with Crippen LogP contribution in [0.3, 0.4) is 0 Å². The lowest BCUT2D eigenvalue weighted by Crippen LogP contribution is -1.97. The Morgan fingerprint density at radius 3 is 2.30 bits per heavy atom. The van der Waals surface area contributed by atoms with Crippen LogP contribution in [0.2, 0.25) is 0 Å². The first kappa shape index (κ1) is 13.9. The third-order valence-electron chi connectivity index (χ3n) is 3.11. The zero-order chi connectivity index (χ0) is 14.5. The summed E-state index contributed by atoms with van der Waals surface area (Å²) in [7, 11) is 0. The van der Waals surface area contributed by atoms with Gasteiger partial charge in [0, 0.05) is 16.9 Å². The molecule has 0 heterocycles. The van der Waals surface area contributed by atoms with E-state index in [1.807, 2.05) is 24.3 Å². The molecule has 3 nitrogen and oxygen atoms in total. The van der Waals surface area contributed by atoms with E-state index in [0.29, 0.717) is 11.4 Å². The van der Waals surface area contributed by atoms with E-state index in [9.17, 15) is 5.11 Å². The average Bonchev–Trinajstić information content (AvgIpc) is 2.46. The Labute approximate surface area is 118 Å². The highest BCUT2D eigenvalue weighted by Crippen LogP contribution is 2.26. The number of aliphatic hydroxyl groups excluding tert-OH is 1. The summed E-state index contributed by atoms with van der Waals surface area (Å²) in [5, 5.41) is 10.3. The van der Waals surface area contributed by atoms with E-state index in [-0.39, 0.29) is 0 Å². The minimum Gasteiger partial charge on any atom is -0.399 e. The second-order valence-corrected chi connectivity index (χ2v) is 4.52. The van der Waals surface area contributed by atoms with Crippen LogP contribution >= 0.6 is 0 Å². The van der Waals surface area contributed by atoms with Gasteiger partial charge in [-0.25, -0.2) is 0 Å². The topological polar surface area (TPSA) is 72.3 Å². The van der Waals surface area contributed by atoms with Crippen molar-refractivity contribution in [2.75, 3.05) is 11.5 Å². The number of benzene rings is 2. The van der Waals surface area contributed by atoms with Crippen molar-refractivity contribution in [3.8, 4) is 0 Å². The molecule has 5 N–H and O–H groups in total. The number of anilines is 2. The summed E-state index contributed by atoms with van der Waals surface area (Å²) in [4.78, 5) is 0. The van der Waals surface area contributed by atoms with Crippen LogP contribution in [0.1, 0.15) is 17.2 Å². The summed E-state index contributed by atoms with van der Waals surface area (Å²) in [6.07, 6.45) is 2.68. The van der Waals surface area contributed by atoms with Crippen molar-refractivity contribution in [3.05, 3.63) is 78.4 Å². The summed E-state index contributed by atoms with van der Waals surface area (Å²) < 4.78 is 0. The molecule has 0 fully saturated rings. The molecule has 20 heavy (non-hydrogen) atoms. The van der Waals surface area contributed by atoms with Crippen molar-refractivity contribution in [2.24, 2.45) is 0 Å². The molecule has 2 aromatic carbocycles. The molecule has 2 aromatic rings. The molecule has 0 amide bonds. The number of aliphatic hydroxyl groups is 1. The van der Waals surface area contributed by atoms with Gasteiger partial charge in [-0.05, 0) is 35.4 Å². The van der Waals surface area contributed by atoms with Crippen LogP contribution in [0.4, 0.5) is 11.4 Å². The normalized spacial score (nSPS) is 12.9. The number of rotatable bonds is 4. The van der Waals surface area contributed by atoms with E-state index in [2.05, 4.69) is 6.58 Å². The number of allylic oxidation sites excluding steroid dienone is 2. The quantitative estimate of drug-likeness (QED) is 0.588. The minimum atomic E-state index is -0.733. The van der Waals surface area contributed by atoms with E-state index >= 15 is 0 Å². The number of nitrogen functional groups attached to an aromatic ring is 2. The van der Waals surface area contributed by atoms with Crippen LogP contribution in [0, 0.1) is 0 Å². The van der Waals surface area contributed by atoms with Gasteiger partial charge in [-0.2, -0.15) is 0 Å². The van der Waals surface area contributed by atoms with E-state index in [1.54, 1.807) is 36.4 Å². The van der Waals surface area contributed by atoms with Gasteiger partial charge in [-0.3, -0.25) is 0 Å². The van der Waals surface area contributed by atoms with Crippen LogP contribution in [0.15, 0.2) is 67.3 Å². The standard InChI is InChI=1S/C17H18N2O/c1-2-12(15-5-3-4-6-16(15)19)11-17(20)13-7-9-14(18)10-8-13/h2-11,17,20H,1,18-19H2/b12-11-. The van der Waals surface area contributed by atoms with Gasteiger partial charge in [-0.1, -0.05) is 43.0 Å². The zero-order valence-electron chi connectivity index (χ0n) is 11.2. The molecule has 0 aliphatic rings. The van der Waals surface area contributed by atoms with Gasteiger partial charge in [0.15, 0.2) is 0 Å².